The Kier molecular flexibility index (Phi) is 6.06. The van der Waals surface area contributed by atoms with Gasteiger partial charge in [0.05, 0.1) is 12.8 Å². The fourth-order valence-corrected chi connectivity index (χ4v) is 5.07. The Morgan fingerprint density at radius 2 is 1.91 bits per heavy atom. The number of fused-ring (bicyclic) bond motifs is 1. The van der Waals surface area contributed by atoms with E-state index in [2.05, 4.69) is 15.7 Å². The van der Waals surface area contributed by atoms with E-state index in [1.54, 1.807) is 47.1 Å². The number of aromatic nitrogens is 2. The average Bonchev–Trinajstić information content (AvgIpc) is 3.24. The van der Waals surface area contributed by atoms with E-state index in [0.717, 1.165) is 17.9 Å². The van der Waals surface area contributed by atoms with Gasteiger partial charge in [0.15, 0.2) is 5.78 Å². The summed E-state index contributed by atoms with van der Waals surface area (Å²) in [6, 6.07) is 11.8. The molecule has 3 aromatic rings. The van der Waals surface area contributed by atoms with E-state index < -0.39 is 6.04 Å². The minimum absolute atomic E-state index is 0.0243. The van der Waals surface area contributed by atoms with Crippen molar-refractivity contribution < 1.29 is 14.3 Å². The summed E-state index contributed by atoms with van der Waals surface area (Å²) in [5.41, 5.74) is 2.95. The lowest BCUT2D eigenvalue weighted by atomic mass is 9.85. The highest BCUT2D eigenvalue weighted by Crippen LogP contribution is 2.45. The van der Waals surface area contributed by atoms with Crippen LogP contribution < -0.4 is 15.4 Å². The van der Waals surface area contributed by atoms with E-state index in [9.17, 15) is 9.59 Å². The van der Waals surface area contributed by atoms with Crippen molar-refractivity contribution in [3.8, 4) is 5.75 Å². The molecule has 0 spiro atoms. The van der Waals surface area contributed by atoms with Crippen molar-refractivity contribution >= 4 is 46.4 Å². The van der Waals surface area contributed by atoms with Gasteiger partial charge in [-0.05, 0) is 56.2 Å². The van der Waals surface area contributed by atoms with E-state index in [0.29, 0.717) is 57.7 Å². The van der Waals surface area contributed by atoms with Gasteiger partial charge in [-0.1, -0.05) is 29.3 Å². The molecule has 7 nitrogen and oxygen atoms in total. The van der Waals surface area contributed by atoms with E-state index in [1.165, 1.54) is 6.20 Å². The number of rotatable bonds is 5. The maximum atomic E-state index is 13.2. The Bertz CT molecular complexity index is 1290. The number of nitrogens with one attached hydrogen (secondary N) is 2. The standard InChI is InChI=1S/C25H22Cl2N4O3/c1-2-34-15-11-9-14(10-12-15)29-25(33)16-13-28-31-23(21-17(26)5-3-6-18(21)27)22-19(30-24(16)31)7-4-8-20(22)32/h3,5-6,9-13,23,30H,2,4,7-8H2,1H3,(H,29,33)/t23-/m1/s1. The molecule has 2 aliphatic rings. The molecule has 0 radical (unpaired) electrons. The van der Waals surface area contributed by atoms with Gasteiger partial charge in [-0.3, -0.25) is 9.59 Å². The van der Waals surface area contributed by atoms with E-state index >= 15 is 0 Å². The molecule has 0 saturated heterocycles. The Labute approximate surface area is 206 Å². The van der Waals surface area contributed by atoms with Crippen LogP contribution in [0.5, 0.6) is 5.75 Å². The molecule has 1 aromatic heterocycles. The molecule has 2 aromatic carbocycles. The number of allylic oxidation sites excluding steroid dienone is 2. The third-order valence-electron chi connectivity index (χ3n) is 5.98. The van der Waals surface area contributed by atoms with Gasteiger partial charge in [0, 0.05) is 39.0 Å². The molecule has 1 aliphatic carbocycles. The Hall–Kier alpha value is -3.29. The second-order valence-corrected chi connectivity index (χ2v) is 8.91. The minimum atomic E-state index is -0.618. The normalized spacial score (nSPS) is 17.0. The molecular weight excluding hydrogens is 475 g/mol. The van der Waals surface area contributed by atoms with Gasteiger partial charge in [0.25, 0.3) is 5.91 Å². The van der Waals surface area contributed by atoms with Crippen LogP contribution in [-0.4, -0.2) is 28.1 Å². The lowest BCUT2D eigenvalue weighted by Gasteiger charge is -2.34. The molecule has 5 rings (SSSR count). The van der Waals surface area contributed by atoms with Crippen LogP contribution in [-0.2, 0) is 4.79 Å². The second kappa shape index (κ2) is 9.16. The summed E-state index contributed by atoms with van der Waals surface area (Å²) in [5, 5.41) is 11.6. The molecule has 9 heteroatoms. The zero-order chi connectivity index (χ0) is 23.8. The molecule has 2 heterocycles. The van der Waals surface area contributed by atoms with Crippen molar-refractivity contribution in [3.63, 3.8) is 0 Å². The number of hydrogen-bond donors (Lipinski definition) is 2. The molecule has 1 atom stereocenters. The molecule has 2 N–H and O–H groups in total. The van der Waals surface area contributed by atoms with Gasteiger partial charge >= 0.3 is 0 Å². The Morgan fingerprint density at radius 1 is 1.18 bits per heavy atom. The summed E-state index contributed by atoms with van der Waals surface area (Å²) < 4.78 is 7.08. The second-order valence-electron chi connectivity index (χ2n) is 8.09. The van der Waals surface area contributed by atoms with E-state index in [4.69, 9.17) is 27.9 Å². The van der Waals surface area contributed by atoms with Crippen molar-refractivity contribution in [2.75, 3.05) is 17.2 Å². The summed E-state index contributed by atoms with van der Waals surface area (Å²) in [6.45, 7) is 2.48. The van der Waals surface area contributed by atoms with Crippen LogP contribution in [0.1, 0.15) is 48.1 Å². The number of anilines is 2. The van der Waals surface area contributed by atoms with E-state index in [-0.39, 0.29) is 11.7 Å². The van der Waals surface area contributed by atoms with Crippen LogP contribution in [0.25, 0.3) is 0 Å². The van der Waals surface area contributed by atoms with Crippen LogP contribution in [0, 0.1) is 0 Å². The zero-order valence-corrected chi connectivity index (χ0v) is 19.9. The molecule has 174 valence electrons. The number of amides is 1. The first-order chi connectivity index (χ1) is 16.5. The number of Topliss-reactive ketones (excluding diaryl/α,β-unsaturated/α-hetero) is 1. The fraction of sp³-hybridized carbons (Fsp3) is 0.240. The quantitative estimate of drug-likeness (QED) is 0.461. The summed E-state index contributed by atoms with van der Waals surface area (Å²) in [5.74, 6) is 0.924. The van der Waals surface area contributed by atoms with Crippen LogP contribution in [0.15, 0.2) is 59.9 Å². The number of hydrogen-bond acceptors (Lipinski definition) is 5. The molecule has 0 saturated carbocycles. The molecule has 0 unspecified atom stereocenters. The maximum absolute atomic E-state index is 13.2. The molecule has 34 heavy (non-hydrogen) atoms. The first kappa shape index (κ1) is 22.5. The molecule has 0 bridgehead atoms. The SMILES string of the molecule is CCOc1ccc(NC(=O)c2cnn3c2NC2=C(C(=O)CCC2)[C@H]3c2c(Cl)cccc2Cl)cc1. The van der Waals surface area contributed by atoms with Gasteiger partial charge in [-0.25, -0.2) is 4.68 Å². The van der Waals surface area contributed by atoms with Crippen LogP contribution >= 0.6 is 23.2 Å². The summed E-state index contributed by atoms with van der Waals surface area (Å²) in [4.78, 5) is 26.2. The molecular formula is C25H22Cl2N4O3. The summed E-state index contributed by atoms with van der Waals surface area (Å²) in [6.07, 6.45) is 3.36. The first-order valence-electron chi connectivity index (χ1n) is 11.1. The number of nitrogens with zero attached hydrogens (tertiary/aromatic N) is 2. The number of halogens is 2. The molecule has 1 aliphatic heterocycles. The van der Waals surface area contributed by atoms with E-state index in [1.807, 2.05) is 6.92 Å². The van der Waals surface area contributed by atoms with Crippen molar-refractivity contribution in [1.82, 2.24) is 9.78 Å². The highest BCUT2D eigenvalue weighted by Gasteiger charge is 2.39. The number of carbonyl (C=O) groups is 2. The highest BCUT2D eigenvalue weighted by molar-refractivity contribution is 6.36. The van der Waals surface area contributed by atoms with Crippen molar-refractivity contribution in [3.05, 3.63) is 81.1 Å². The topological polar surface area (TPSA) is 85.2 Å². The number of ketones is 1. The summed E-state index contributed by atoms with van der Waals surface area (Å²) >= 11 is 13.1. The fourth-order valence-electron chi connectivity index (χ4n) is 4.46. The lowest BCUT2D eigenvalue weighted by molar-refractivity contribution is -0.116. The van der Waals surface area contributed by atoms with Gasteiger partial charge < -0.3 is 15.4 Å². The van der Waals surface area contributed by atoms with Gasteiger partial charge in [0.1, 0.15) is 23.2 Å². The number of ether oxygens (including phenoxy) is 1. The third-order valence-corrected chi connectivity index (χ3v) is 6.64. The largest absolute Gasteiger partial charge is 0.494 e. The third kappa shape index (κ3) is 3.95. The Morgan fingerprint density at radius 3 is 2.62 bits per heavy atom. The van der Waals surface area contributed by atoms with Gasteiger partial charge in [0.2, 0.25) is 0 Å². The maximum Gasteiger partial charge on any atom is 0.261 e. The van der Waals surface area contributed by atoms with Crippen LogP contribution in [0.3, 0.4) is 0 Å². The van der Waals surface area contributed by atoms with Crippen molar-refractivity contribution in [2.45, 2.75) is 32.2 Å². The Balaban J connectivity index is 1.54. The van der Waals surface area contributed by atoms with Crippen molar-refractivity contribution in [2.24, 2.45) is 0 Å². The van der Waals surface area contributed by atoms with Crippen LogP contribution in [0.2, 0.25) is 10.0 Å². The van der Waals surface area contributed by atoms with Crippen LogP contribution in [0.4, 0.5) is 11.5 Å². The predicted molar refractivity (Wildman–Crippen MR) is 132 cm³/mol. The molecule has 1 amide bonds. The van der Waals surface area contributed by atoms with Gasteiger partial charge in [-0.2, -0.15) is 5.10 Å². The minimum Gasteiger partial charge on any atom is -0.494 e. The number of benzene rings is 2. The lowest BCUT2D eigenvalue weighted by Crippen LogP contribution is -2.32. The predicted octanol–water partition coefficient (Wildman–Crippen LogP) is 5.86. The number of carbonyl (C=O) groups excluding carboxylic acids is 2. The first-order valence-corrected chi connectivity index (χ1v) is 11.8. The smallest absolute Gasteiger partial charge is 0.261 e. The molecule has 0 fully saturated rings. The monoisotopic (exact) mass is 496 g/mol. The van der Waals surface area contributed by atoms with Crippen molar-refractivity contribution in [1.29, 1.82) is 0 Å². The zero-order valence-electron chi connectivity index (χ0n) is 18.4. The van der Waals surface area contributed by atoms with Gasteiger partial charge in [-0.15, -0.1) is 0 Å². The summed E-state index contributed by atoms with van der Waals surface area (Å²) in [7, 11) is 0. The highest BCUT2D eigenvalue weighted by atomic mass is 35.5. The average molecular weight is 497 g/mol.